The van der Waals surface area contributed by atoms with Crippen LogP contribution in [0.3, 0.4) is 0 Å². The van der Waals surface area contributed by atoms with Crippen molar-refractivity contribution in [2.24, 2.45) is 0 Å². The summed E-state index contributed by atoms with van der Waals surface area (Å²) in [7, 11) is 0. The minimum atomic E-state index is -2.69. The highest BCUT2D eigenvalue weighted by Gasteiger charge is 2.17. The van der Waals surface area contributed by atoms with Crippen LogP contribution in [0, 0.1) is 0 Å². The topological polar surface area (TPSA) is 37.8 Å². The molecule has 3 nitrogen and oxygen atoms in total. The van der Waals surface area contributed by atoms with E-state index >= 15 is 0 Å². The lowest BCUT2D eigenvalue weighted by Gasteiger charge is -2.18. The van der Waals surface area contributed by atoms with Crippen LogP contribution in [0.5, 0.6) is 0 Å². The molecule has 2 heterocycles. The molecule has 6 heteroatoms. The predicted molar refractivity (Wildman–Crippen MR) is 85.5 cm³/mol. The third-order valence-corrected chi connectivity index (χ3v) is 4.41. The smallest absolute Gasteiger partial charge is 0.297 e. The van der Waals surface area contributed by atoms with Gasteiger partial charge in [0.1, 0.15) is 5.82 Å². The van der Waals surface area contributed by atoms with E-state index in [2.05, 4.69) is 22.2 Å². The Labute approximate surface area is 131 Å². The Bertz CT molecular complexity index is 759. The Hall–Kier alpha value is -2.08. The molecule has 0 saturated carbocycles. The van der Waals surface area contributed by atoms with Gasteiger partial charge >= 0.3 is 0 Å². The molecule has 0 spiro atoms. The Morgan fingerprint density at radius 3 is 2.64 bits per heavy atom. The van der Waals surface area contributed by atoms with Crippen molar-refractivity contribution in [3.8, 4) is 0 Å². The van der Waals surface area contributed by atoms with E-state index in [1.165, 1.54) is 0 Å². The van der Waals surface area contributed by atoms with E-state index in [9.17, 15) is 8.78 Å². The number of hydrogen-bond donors (Lipinski definition) is 1. The number of aromatic nitrogens is 2. The van der Waals surface area contributed by atoms with Gasteiger partial charge in [-0.15, -0.1) is 11.3 Å². The Kier molecular flexibility index (Phi) is 4.29. The summed E-state index contributed by atoms with van der Waals surface area (Å²) in [5, 5.41) is 6.05. The molecular formula is C16H15F2N3S. The van der Waals surface area contributed by atoms with Gasteiger partial charge in [-0.2, -0.15) is 0 Å². The largest absolute Gasteiger partial charge is 0.362 e. The van der Waals surface area contributed by atoms with E-state index in [0.29, 0.717) is 11.3 Å². The standard InChI is InChI=1S/C16H15F2N3S/c1-2-11(13-8-5-9-22-13)19-15-10-6-3-4-7-12(10)20-16(21-15)14(17)18/h3-9,11,14H,2H2,1H3,(H,19,20,21). The van der Waals surface area contributed by atoms with Crippen LogP contribution in [0.1, 0.15) is 36.5 Å². The van der Waals surface area contributed by atoms with Gasteiger partial charge in [-0.1, -0.05) is 25.1 Å². The van der Waals surface area contributed by atoms with Crippen LogP contribution < -0.4 is 5.32 Å². The molecule has 1 atom stereocenters. The summed E-state index contributed by atoms with van der Waals surface area (Å²) >= 11 is 1.64. The first-order valence-electron chi connectivity index (χ1n) is 7.03. The van der Waals surface area contributed by atoms with Crippen molar-refractivity contribution in [2.45, 2.75) is 25.8 Å². The fraction of sp³-hybridized carbons (Fsp3) is 0.250. The molecule has 0 fully saturated rings. The van der Waals surface area contributed by atoms with Crippen molar-refractivity contribution in [3.05, 3.63) is 52.5 Å². The van der Waals surface area contributed by atoms with E-state index in [4.69, 9.17) is 0 Å². The van der Waals surface area contributed by atoms with E-state index < -0.39 is 12.2 Å². The van der Waals surface area contributed by atoms with Gasteiger partial charge in [-0.3, -0.25) is 0 Å². The molecule has 2 aromatic heterocycles. The molecule has 0 aliphatic carbocycles. The Morgan fingerprint density at radius 2 is 1.95 bits per heavy atom. The zero-order valence-corrected chi connectivity index (χ0v) is 12.8. The van der Waals surface area contributed by atoms with Crippen molar-refractivity contribution in [1.29, 1.82) is 0 Å². The number of nitrogens with zero attached hydrogens (tertiary/aromatic N) is 2. The molecule has 1 unspecified atom stereocenters. The number of rotatable bonds is 5. The third kappa shape index (κ3) is 2.92. The fourth-order valence-electron chi connectivity index (χ4n) is 2.33. The second kappa shape index (κ2) is 6.36. The van der Waals surface area contributed by atoms with Crippen LogP contribution in [0.4, 0.5) is 14.6 Å². The molecule has 3 aromatic rings. The van der Waals surface area contributed by atoms with Gasteiger partial charge in [-0.05, 0) is 30.0 Å². The highest BCUT2D eigenvalue weighted by atomic mass is 32.1. The van der Waals surface area contributed by atoms with E-state index in [1.54, 1.807) is 23.5 Å². The van der Waals surface area contributed by atoms with Crippen LogP contribution in [0.2, 0.25) is 0 Å². The number of thiophene rings is 1. The first-order valence-corrected chi connectivity index (χ1v) is 7.91. The SMILES string of the molecule is CCC(Nc1nc(C(F)F)nc2ccccc12)c1cccs1. The molecule has 0 radical (unpaired) electrons. The summed E-state index contributed by atoms with van der Waals surface area (Å²) in [6, 6.07) is 11.3. The van der Waals surface area contributed by atoms with Crippen LogP contribution in [-0.4, -0.2) is 9.97 Å². The van der Waals surface area contributed by atoms with Gasteiger partial charge in [0.15, 0.2) is 5.82 Å². The van der Waals surface area contributed by atoms with Crippen molar-refractivity contribution in [1.82, 2.24) is 9.97 Å². The normalized spacial score (nSPS) is 12.7. The molecule has 3 rings (SSSR count). The summed E-state index contributed by atoms with van der Waals surface area (Å²) in [4.78, 5) is 9.12. The lowest BCUT2D eigenvalue weighted by atomic mass is 10.1. The van der Waals surface area contributed by atoms with E-state index in [-0.39, 0.29) is 6.04 Å². The van der Waals surface area contributed by atoms with Crippen molar-refractivity contribution in [3.63, 3.8) is 0 Å². The zero-order chi connectivity index (χ0) is 15.5. The molecule has 0 saturated heterocycles. The third-order valence-electron chi connectivity index (χ3n) is 3.42. The number of para-hydroxylation sites is 1. The maximum Gasteiger partial charge on any atom is 0.297 e. The van der Waals surface area contributed by atoms with Gasteiger partial charge in [0.25, 0.3) is 6.43 Å². The number of anilines is 1. The highest BCUT2D eigenvalue weighted by molar-refractivity contribution is 7.10. The summed E-state index contributed by atoms with van der Waals surface area (Å²) in [6.45, 7) is 2.05. The maximum atomic E-state index is 13.0. The molecule has 114 valence electrons. The molecule has 0 aliphatic rings. The first-order chi connectivity index (χ1) is 10.7. The van der Waals surface area contributed by atoms with Crippen molar-refractivity contribution in [2.75, 3.05) is 5.32 Å². The van der Waals surface area contributed by atoms with Crippen molar-refractivity contribution < 1.29 is 8.78 Å². The number of hydrogen-bond acceptors (Lipinski definition) is 4. The average molecular weight is 319 g/mol. The summed E-state index contributed by atoms with van der Waals surface area (Å²) < 4.78 is 26.0. The number of fused-ring (bicyclic) bond motifs is 1. The molecule has 0 amide bonds. The minimum Gasteiger partial charge on any atom is -0.362 e. The second-order valence-corrected chi connectivity index (χ2v) is 5.85. The van der Waals surface area contributed by atoms with E-state index in [1.807, 2.05) is 29.6 Å². The van der Waals surface area contributed by atoms with Crippen LogP contribution in [0.15, 0.2) is 41.8 Å². The Balaban J connectivity index is 2.04. The van der Waals surface area contributed by atoms with E-state index in [0.717, 1.165) is 16.7 Å². The van der Waals surface area contributed by atoms with Crippen LogP contribution >= 0.6 is 11.3 Å². The molecule has 22 heavy (non-hydrogen) atoms. The van der Waals surface area contributed by atoms with Crippen LogP contribution in [0.25, 0.3) is 10.9 Å². The molecular weight excluding hydrogens is 304 g/mol. The first kappa shape index (κ1) is 14.8. The highest BCUT2D eigenvalue weighted by Crippen LogP contribution is 2.30. The van der Waals surface area contributed by atoms with Gasteiger partial charge in [0.2, 0.25) is 0 Å². The molecule has 1 aromatic carbocycles. The van der Waals surface area contributed by atoms with Gasteiger partial charge in [-0.25, -0.2) is 18.7 Å². The lowest BCUT2D eigenvalue weighted by molar-refractivity contribution is 0.141. The number of benzene rings is 1. The van der Waals surface area contributed by atoms with Crippen LogP contribution in [-0.2, 0) is 0 Å². The number of alkyl halides is 2. The van der Waals surface area contributed by atoms with Gasteiger partial charge < -0.3 is 5.32 Å². The lowest BCUT2D eigenvalue weighted by Crippen LogP contribution is -2.11. The molecule has 0 bridgehead atoms. The van der Waals surface area contributed by atoms with Gasteiger partial charge in [0.05, 0.1) is 11.6 Å². The quantitative estimate of drug-likeness (QED) is 0.703. The van der Waals surface area contributed by atoms with Gasteiger partial charge in [0, 0.05) is 10.3 Å². The average Bonchev–Trinajstić information content (AvgIpc) is 3.06. The molecule has 0 aliphatic heterocycles. The summed E-state index contributed by atoms with van der Waals surface area (Å²) in [5.74, 6) is 0.0170. The number of halogens is 2. The summed E-state index contributed by atoms with van der Waals surface area (Å²) in [6.07, 6.45) is -1.85. The minimum absolute atomic E-state index is 0.0452. The maximum absolute atomic E-state index is 13.0. The predicted octanol–water partition coefficient (Wildman–Crippen LogP) is 5.19. The summed E-state index contributed by atoms with van der Waals surface area (Å²) in [5.41, 5.74) is 0.524. The van der Waals surface area contributed by atoms with Crippen molar-refractivity contribution >= 4 is 28.1 Å². The second-order valence-electron chi connectivity index (χ2n) is 4.87. The monoisotopic (exact) mass is 319 g/mol. The fourth-order valence-corrected chi connectivity index (χ4v) is 3.19. The number of nitrogens with one attached hydrogen (secondary N) is 1. The Morgan fingerprint density at radius 1 is 1.14 bits per heavy atom. The molecule has 1 N–H and O–H groups in total. The zero-order valence-electron chi connectivity index (χ0n) is 12.0.